The molecule has 0 saturated carbocycles. The van der Waals surface area contributed by atoms with Crippen molar-refractivity contribution in [1.29, 1.82) is 0 Å². The van der Waals surface area contributed by atoms with E-state index in [0.717, 1.165) is 0 Å². The quantitative estimate of drug-likeness (QED) is 0.387. The number of carbonyl (C=O) groups is 1. The molecule has 2 rings (SSSR count). The molecule has 0 saturated heterocycles. The van der Waals surface area contributed by atoms with E-state index in [0.29, 0.717) is 28.1 Å². The van der Waals surface area contributed by atoms with Gasteiger partial charge in [-0.25, -0.2) is 5.43 Å². The average Bonchev–Trinajstić information content (AvgIpc) is 2.60. The lowest BCUT2D eigenvalue weighted by atomic mass is 10.2. The first-order chi connectivity index (χ1) is 12.0. The first-order valence-electron chi connectivity index (χ1n) is 7.32. The average molecular weight is 409 g/mol. The number of phenols is 2. The molecule has 1 amide bonds. The van der Waals surface area contributed by atoms with Crippen LogP contribution >= 0.6 is 15.9 Å². The number of hydrogen-bond donors (Lipinski definition) is 3. The van der Waals surface area contributed by atoms with Crippen molar-refractivity contribution in [3.8, 4) is 23.0 Å². The standard InChI is InChI=1S/C17H17BrN2O5/c1-3-25-16-12(18)7-11(8-14(16)24-2)17(23)20-19-9-10-5-4-6-13(21)15(10)22/h4-9,21-22H,3H2,1-2H3,(H,20,23)/b19-9+. The molecular formula is C17H17BrN2O5. The number of carbonyl (C=O) groups excluding carboxylic acids is 1. The Labute approximate surface area is 153 Å². The zero-order chi connectivity index (χ0) is 18.4. The summed E-state index contributed by atoms with van der Waals surface area (Å²) in [5.74, 6) is -0.134. The molecule has 0 bridgehead atoms. The molecule has 2 aromatic rings. The normalized spacial score (nSPS) is 10.7. The highest BCUT2D eigenvalue weighted by Gasteiger charge is 2.15. The van der Waals surface area contributed by atoms with Gasteiger partial charge in [-0.05, 0) is 47.1 Å². The molecular weight excluding hydrogens is 392 g/mol. The van der Waals surface area contributed by atoms with Crippen molar-refractivity contribution in [2.45, 2.75) is 6.92 Å². The van der Waals surface area contributed by atoms with Gasteiger partial charge in [0, 0.05) is 11.1 Å². The predicted molar refractivity (Wildman–Crippen MR) is 96.7 cm³/mol. The van der Waals surface area contributed by atoms with E-state index < -0.39 is 5.91 Å². The zero-order valence-corrected chi connectivity index (χ0v) is 15.2. The van der Waals surface area contributed by atoms with E-state index >= 15 is 0 Å². The van der Waals surface area contributed by atoms with Crippen molar-refractivity contribution < 1.29 is 24.5 Å². The van der Waals surface area contributed by atoms with Gasteiger partial charge in [-0.2, -0.15) is 5.10 Å². The van der Waals surface area contributed by atoms with Gasteiger partial charge >= 0.3 is 0 Å². The van der Waals surface area contributed by atoms with Gasteiger partial charge in [-0.3, -0.25) is 4.79 Å². The van der Waals surface area contributed by atoms with Gasteiger partial charge in [0.1, 0.15) is 0 Å². The van der Waals surface area contributed by atoms with Gasteiger partial charge in [-0.1, -0.05) is 6.07 Å². The molecule has 8 heteroatoms. The van der Waals surface area contributed by atoms with Crippen LogP contribution in [-0.2, 0) is 0 Å². The number of amides is 1. The van der Waals surface area contributed by atoms with Crippen LogP contribution in [0, 0.1) is 0 Å². The van der Waals surface area contributed by atoms with E-state index in [1.54, 1.807) is 18.2 Å². The molecule has 2 aromatic carbocycles. The lowest BCUT2D eigenvalue weighted by Gasteiger charge is -2.12. The summed E-state index contributed by atoms with van der Waals surface area (Å²) in [6, 6.07) is 7.56. The number of ether oxygens (including phenoxy) is 2. The van der Waals surface area contributed by atoms with Crippen LogP contribution in [0.5, 0.6) is 23.0 Å². The lowest BCUT2D eigenvalue weighted by Crippen LogP contribution is -2.18. The van der Waals surface area contributed by atoms with E-state index in [4.69, 9.17) is 9.47 Å². The van der Waals surface area contributed by atoms with Gasteiger partial charge in [0.2, 0.25) is 0 Å². The molecule has 0 atom stereocenters. The van der Waals surface area contributed by atoms with Crippen LogP contribution in [0.2, 0.25) is 0 Å². The highest BCUT2D eigenvalue weighted by molar-refractivity contribution is 9.10. The summed E-state index contributed by atoms with van der Waals surface area (Å²) in [6.45, 7) is 2.30. The maximum Gasteiger partial charge on any atom is 0.271 e. The van der Waals surface area contributed by atoms with Crippen LogP contribution in [0.15, 0.2) is 39.9 Å². The van der Waals surface area contributed by atoms with Gasteiger partial charge in [-0.15, -0.1) is 0 Å². The zero-order valence-electron chi connectivity index (χ0n) is 13.6. The maximum absolute atomic E-state index is 12.2. The minimum Gasteiger partial charge on any atom is -0.504 e. The van der Waals surface area contributed by atoms with Crippen LogP contribution in [0.1, 0.15) is 22.8 Å². The van der Waals surface area contributed by atoms with Gasteiger partial charge in [0.05, 0.1) is 24.4 Å². The van der Waals surface area contributed by atoms with E-state index in [1.807, 2.05) is 6.92 Å². The molecule has 0 unspecified atom stereocenters. The maximum atomic E-state index is 12.2. The summed E-state index contributed by atoms with van der Waals surface area (Å²) in [7, 11) is 1.48. The van der Waals surface area contributed by atoms with Crippen molar-refractivity contribution >= 4 is 28.1 Å². The third-order valence-corrected chi connectivity index (χ3v) is 3.79. The van der Waals surface area contributed by atoms with Crippen molar-refractivity contribution in [1.82, 2.24) is 5.43 Å². The Hall–Kier alpha value is -2.74. The fourth-order valence-corrected chi connectivity index (χ4v) is 2.57. The SMILES string of the molecule is CCOc1c(Br)cc(C(=O)N/N=C/c2cccc(O)c2O)cc1OC. The molecule has 0 heterocycles. The third kappa shape index (κ3) is 4.42. The minimum atomic E-state index is -0.474. The van der Waals surface area contributed by atoms with Crippen LogP contribution in [0.3, 0.4) is 0 Å². The monoisotopic (exact) mass is 408 g/mol. The Morgan fingerprint density at radius 3 is 2.80 bits per heavy atom. The second-order valence-corrected chi connectivity index (χ2v) is 5.69. The fourth-order valence-electron chi connectivity index (χ4n) is 2.01. The third-order valence-electron chi connectivity index (χ3n) is 3.20. The number of aromatic hydroxyl groups is 2. The number of phenolic OH excluding ortho intramolecular Hbond substituents is 2. The fraction of sp³-hybridized carbons (Fsp3) is 0.176. The number of rotatable bonds is 6. The Bertz CT molecular complexity index is 808. The van der Waals surface area contributed by atoms with Crippen molar-refractivity contribution in [3.05, 3.63) is 45.9 Å². The number of hydrazone groups is 1. The number of nitrogens with one attached hydrogen (secondary N) is 1. The van der Waals surface area contributed by atoms with Crippen LogP contribution < -0.4 is 14.9 Å². The van der Waals surface area contributed by atoms with Crippen molar-refractivity contribution in [3.63, 3.8) is 0 Å². The second kappa shape index (κ2) is 8.39. The number of methoxy groups -OCH3 is 1. The largest absolute Gasteiger partial charge is 0.504 e. The summed E-state index contributed by atoms with van der Waals surface area (Å²) in [4.78, 5) is 12.2. The highest BCUT2D eigenvalue weighted by Crippen LogP contribution is 2.36. The number of hydrogen-bond acceptors (Lipinski definition) is 6. The summed E-state index contributed by atoms with van der Waals surface area (Å²) >= 11 is 3.35. The number of benzene rings is 2. The molecule has 3 N–H and O–H groups in total. The second-order valence-electron chi connectivity index (χ2n) is 4.84. The molecule has 25 heavy (non-hydrogen) atoms. The molecule has 0 aliphatic heterocycles. The Morgan fingerprint density at radius 2 is 2.12 bits per heavy atom. The first kappa shape index (κ1) is 18.6. The first-order valence-corrected chi connectivity index (χ1v) is 8.11. The van der Waals surface area contributed by atoms with Crippen molar-refractivity contribution in [2.24, 2.45) is 5.10 Å². The summed E-state index contributed by atoms with van der Waals surface area (Å²) in [5.41, 5.74) is 2.92. The summed E-state index contributed by atoms with van der Waals surface area (Å²) < 4.78 is 11.3. The molecule has 0 aliphatic carbocycles. The lowest BCUT2D eigenvalue weighted by molar-refractivity contribution is 0.0954. The smallest absolute Gasteiger partial charge is 0.271 e. The van der Waals surface area contributed by atoms with E-state index in [9.17, 15) is 15.0 Å². The van der Waals surface area contributed by atoms with Crippen LogP contribution in [0.4, 0.5) is 0 Å². The minimum absolute atomic E-state index is 0.268. The number of para-hydroxylation sites is 1. The number of halogens is 1. The summed E-state index contributed by atoms with van der Waals surface area (Å²) in [5, 5.41) is 22.9. The van der Waals surface area contributed by atoms with Gasteiger partial charge in [0.25, 0.3) is 5.91 Å². The Morgan fingerprint density at radius 1 is 1.36 bits per heavy atom. The highest BCUT2D eigenvalue weighted by atomic mass is 79.9. The van der Waals surface area contributed by atoms with Gasteiger partial charge in [0.15, 0.2) is 23.0 Å². The molecule has 0 radical (unpaired) electrons. The van der Waals surface area contributed by atoms with E-state index in [-0.39, 0.29) is 17.1 Å². The van der Waals surface area contributed by atoms with Crippen molar-refractivity contribution in [2.75, 3.05) is 13.7 Å². The molecule has 0 aromatic heterocycles. The van der Waals surface area contributed by atoms with E-state index in [2.05, 4.69) is 26.5 Å². The topological polar surface area (TPSA) is 100 Å². The molecule has 7 nitrogen and oxygen atoms in total. The Kier molecular flexibility index (Phi) is 6.24. The Balaban J connectivity index is 2.17. The molecule has 0 aliphatic rings. The van der Waals surface area contributed by atoms with Crippen LogP contribution in [-0.4, -0.2) is 36.1 Å². The summed E-state index contributed by atoms with van der Waals surface area (Å²) in [6.07, 6.45) is 1.23. The molecule has 132 valence electrons. The predicted octanol–water partition coefficient (Wildman–Crippen LogP) is 3.03. The number of nitrogens with zero attached hydrogens (tertiary/aromatic N) is 1. The molecule has 0 fully saturated rings. The van der Waals surface area contributed by atoms with Crippen LogP contribution in [0.25, 0.3) is 0 Å². The molecule has 0 spiro atoms. The van der Waals surface area contributed by atoms with Gasteiger partial charge < -0.3 is 19.7 Å². The van der Waals surface area contributed by atoms with E-state index in [1.165, 1.54) is 25.5 Å².